The predicted octanol–water partition coefficient (Wildman–Crippen LogP) is 2.39. The molecule has 0 aromatic heterocycles. The number of methoxy groups -OCH3 is 2. The lowest BCUT2D eigenvalue weighted by Crippen LogP contribution is -2.10. The third-order valence-electron chi connectivity index (χ3n) is 2.76. The highest BCUT2D eigenvalue weighted by Crippen LogP contribution is 2.28. The lowest BCUT2D eigenvalue weighted by atomic mass is 9.97. The number of rotatable bonds is 7. The molecule has 5 heteroatoms. The van der Waals surface area contributed by atoms with Crippen molar-refractivity contribution >= 4 is 11.8 Å². The van der Waals surface area contributed by atoms with E-state index in [9.17, 15) is 9.59 Å². The first-order valence-corrected chi connectivity index (χ1v) is 5.95. The molecular weight excluding hydrogens is 248 g/mol. The van der Waals surface area contributed by atoms with Gasteiger partial charge in [0.25, 0.3) is 0 Å². The highest BCUT2D eigenvalue weighted by molar-refractivity contribution is 5.97. The minimum Gasteiger partial charge on any atom is -0.493 e. The van der Waals surface area contributed by atoms with Crippen molar-refractivity contribution in [2.75, 3.05) is 14.2 Å². The van der Waals surface area contributed by atoms with Gasteiger partial charge in [-0.25, -0.2) is 0 Å². The topological polar surface area (TPSA) is 72.8 Å². The molecule has 104 valence electrons. The number of hydrogen-bond acceptors (Lipinski definition) is 4. The van der Waals surface area contributed by atoms with Crippen LogP contribution < -0.4 is 9.47 Å². The first-order valence-electron chi connectivity index (χ1n) is 5.95. The van der Waals surface area contributed by atoms with Crippen molar-refractivity contribution in [3.05, 3.63) is 23.8 Å². The van der Waals surface area contributed by atoms with Gasteiger partial charge in [-0.05, 0) is 24.1 Å². The Labute approximate surface area is 112 Å². The predicted molar refractivity (Wildman–Crippen MR) is 69.9 cm³/mol. The van der Waals surface area contributed by atoms with Crippen LogP contribution in [0.3, 0.4) is 0 Å². The van der Waals surface area contributed by atoms with Gasteiger partial charge in [0.2, 0.25) is 0 Å². The van der Waals surface area contributed by atoms with E-state index >= 15 is 0 Å². The molecule has 1 aromatic carbocycles. The van der Waals surface area contributed by atoms with Crippen LogP contribution in [0.5, 0.6) is 11.5 Å². The van der Waals surface area contributed by atoms with E-state index in [1.54, 1.807) is 25.1 Å². The van der Waals surface area contributed by atoms with Crippen LogP contribution in [-0.2, 0) is 4.79 Å². The Morgan fingerprint density at radius 1 is 1.16 bits per heavy atom. The average molecular weight is 266 g/mol. The van der Waals surface area contributed by atoms with Crippen LogP contribution in [0.4, 0.5) is 0 Å². The zero-order valence-electron chi connectivity index (χ0n) is 11.3. The third-order valence-corrected chi connectivity index (χ3v) is 2.76. The molecule has 1 rings (SSSR count). The van der Waals surface area contributed by atoms with E-state index < -0.39 is 5.97 Å². The largest absolute Gasteiger partial charge is 0.493 e. The fourth-order valence-electron chi connectivity index (χ4n) is 1.81. The summed E-state index contributed by atoms with van der Waals surface area (Å²) in [6, 6.07) is 4.92. The molecule has 19 heavy (non-hydrogen) atoms. The summed E-state index contributed by atoms with van der Waals surface area (Å²) in [4.78, 5) is 22.6. The highest BCUT2D eigenvalue weighted by atomic mass is 16.5. The summed E-state index contributed by atoms with van der Waals surface area (Å²) >= 11 is 0. The summed E-state index contributed by atoms with van der Waals surface area (Å²) in [5.74, 6) is -0.155. The second-order valence-corrected chi connectivity index (χ2v) is 4.40. The maximum absolute atomic E-state index is 12.0. The van der Waals surface area contributed by atoms with Gasteiger partial charge < -0.3 is 14.6 Å². The van der Waals surface area contributed by atoms with E-state index in [2.05, 4.69) is 0 Å². The quantitative estimate of drug-likeness (QED) is 0.767. The number of hydrogen-bond donors (Lipinski definition) is 1. The van der Waals surface area contributed by atoms with Gasteiger partial charge in [-0.15, -0.1) is 0 Å². The molecule has 1 aromatic rings. The molecule has 0 amide bonds. The summed E-state index contributed by atoms with van der Waals surface area (Å²) in [5.41, 5.74) is 0.495. The van der Waals surface area contributed by atoms with Crippen LogP contribution in [0, 0.1) is 5.92 Å². The van der Waals surface area contributed by atoms with Gasteiger partial charge in [-0.2, -0.15) is 0 Å². The van der Waals surface area contributed by atoms with E-state index in [-0.39, 0.29) is 24.5 Å². The second-order valence-electron chi connectivity index (χ2n) is 4.40. The zero-order chi connectivity index (χ0) is 14.4. The summed E-state index contributed by atoms with van der Waals surface area (Å²) in [5, 5.41) is 8.67. The Bertz CT molecular complexity index is 467. The van der Waals surface area contributed by atoms with Crippen LogP contribution >= 0.6 is 0 Å². The fraction of sp³-hybridized carbons (Fsp3) is 0.429. The van der Waals surface area contributed by atoms with E-state index in [4.69, 9.17) is 14.6 Å². The van der Waals surface area contributed by atoms with E-state index in [1.807, 2.05) is 0 Å². The van der Waals surface area contributed by atoms with Crippen molar-refractivity contribution in [1.29, 1.82) is 0 Å². The number of ketones is 1. The number of carboxylic acid groups (broad SMARTS) is 1. The Hall–Kier alpha value is -2.04. The van der Waals surface area contributed by atoms with Gasteiger partial charge in [-0.3, -0.25) is 9.59 Å². The van der Waals surface area contributed by atoms with Crippen molar-refractivity contribution < 1.29 is 24.2 Å². The summed E-state index contributed by atoms with van der Waals surface area (Å²) < 4.78 is 10.2. The Balaban J connectivity index is 2.80. The van der Waals surface area contributed by atoms with Crippen molar-refractivity contribution in [3.8, 4) is 11.5 Å². The molecule has 0 spiro atoms. The first kappa shape index (κ1) is 15.0. The van der Waals surface area contributed by atoms with Gasteiger partial charge in [0, 0.05) is 18.4 Å². The monoisotopic (exact) mass is 266 g/mol. The molecule has 0 aliphatic heterocycles. The van der Waals surface area contributed by atoms with Gasteiger partial charge in [0.15, 0.2) is 17.3 Å². The van der Waals surface area contributed by atoms with Crippen LogP contribution in [0.25, 0.3) is 0 Å². The third kappa shape index (κ3) is 4.28. The number of ether oxygens (including phenoxy) is 2. The molecule has 0 aliphatic carbocycles. The van der Waals surface area contributed by atoms with Crippen LogP contribution in [0.2, 0.25) is 0 Å². The zero-order valence-corrected chi connectivity index (χ0v) is 11.3. The molecule has 0 saturated carbocycles. The molecule has 1 N–H and O–H groups in total. The smallest absolute Gasteiger partial charge is 0.303 e. The Morgan fingerprint density at radius 3 is 2.32 bits per heavy atom. The highest BCUT2D eigenvalue weighted by Gasteiger charge is 2.16. The SMILES string of the molecule is COc1ccc(C(=O)C[C@H](C)CC(=O)O)cc1OC. The molecule has 0 fully saturated rings. The molecular formula is C14H18O5. The minimum atomic E-state index is -0.896. The van der Waals surface area contributed by atoms with Crippen molar-refractivity contribution in [1.82, 2.24) is 0 Å². The lowest BCUT2D eigenvalue weighted by molar-refractivity contribution is -0.137. The average Bonchev–Trinajstić information content (AvgIpc) is 2.36. The summed E-state index contributed by atoms with van der Waals surface area (Å²) in [7, 11) is 3.02. The first-order chi connectivity index (χ1) is 8.97. The van der Waals surface area contributed by atoms with Crippen LogP contribution in [0.1, 0.15) is 30.1 Å². The number of carbonyl (C=O) groups is 2. The van der Waals surface area contributed by atoms with Crippen molar-refractivity contribution in [2.45, 2.75) is 19.8 Å². The number of benzene rings is 1. The molecule has 5 nitrogen and oxygen atoms in total. The minimum absolute atomic E-state index is 0.0149. The summed E-state index contributed by atoms with van der Waals surface area (Å²) in [6.45, 7) is 1.74. The molecule has 0 radical (unpaired) electrons. The number of carbonyl (C=O) groups excluding carboxylic acids is 1. The van der Waals surface area contributed by atoms with Crippen molar-refractivity contribution in [3.63, 3.8) is 0 Å². The van der Waals surface area contributed by atoms with E-state index in [1.165, 1.54) is 14.2 Å². The van der Waals surface area contributed by atoms with Gasteiger partial charge in [0.1, 0.15) is 0 Å². The summed E-state index contributed by atoms with van der Waals surface area (Å²) in [6.07, 6.45) is 0.181. The molecule has 0 aliphatic rings. The van der Waals surface area contributed by atoms with Crippen LogP contribution in [-0.4, -0.2) is 31.1 Å². The maximum Gasteiger partial charge on any atom is 0.303 e. The molecule has 0 saturated heterocycles. The number of Topliss-reactive ketones (excluding diaryl/α,β-unsaturated/α-hetero) is 1. The number of carboxylic acids is 1. The van der Waals surface area contributed by atoms with Crippen LogP contribution in [0.15, 0.2) is 18.2 Å². The van der Waals surface area contributed by atoms with E-state index in [0.29, 0.717) is 17.1 Å². The lowest BCUT2D eigenvalue weighted by Gasteiger charge is -2.11. The fourth-order valence-corrected chi connectivity index (χ4v) is 1.81. The molecule has 0 unspecified atom stereocenters. The molecule has 0 bridgehead atoms. The van der Waals surface area contributed by atoms with Gasteiger partial charge in [0.05, 0.1) is 14.2 Å². The van der Waals surface area contributed by atoms with E-state index in [0.717, 1.165) is 0 Å². The molecule has 1 atom stereocenters. The Kier molecular flexibility index (Phi) is 5.36. The number of aliphatic carboxylic acids is 1. The Morgan fingerprint density at radius 2 is 1.79 bits per heavy atom. The maximum atomic E-state index is 12.0. The van der Waals surface area contributed by atoms with Crippen molar-refractivity contribution in [2.24, 2.45) is 5.92 Å². The normalized spacial score (nSPS) is 11.7. The van der Waals surface area contributed by atoms with Gasteiger partial charge in [-0.1, -0.05) is 6.92 Å². The standard InChI is InChI=1S/C14H18O5/c1-9(7-14(16)17)6-11(15)10-4-5-12(18-2)13(8-10)19-3/h4-5,8-9H,6-7H2,1-3H3,(H,16,17)/t9-/m0/s1. The van der Waals surface area contributed by atoms with Gasteiger partial charge >= 0.3 is 5.97 Å². The molecule has 0 heterocycles. The second kappa shape index (κ2) is 6.78.